The van der Waals surface area contributed by atoms with E-state index in [1.54, 1.807) is 0 Å². The van der Waals surface area contributed by atoms with Gasteiger partial charge in [-0.1, -0.05) is 0 Å². The van der Waals surface area contributed by atoms with Crippen LogP contribution in [0.1, 0.15) is 32.6 Å². The van der Waals surface area contributed by atoms with Crippen LogP contribution in [0.15, 0.2) is 0 Å². The number of carboxylic acids is 1. The van der Waals surface area contributed by atoms with Crippen molar-refractivity contribution in [2.24, 2.45) is 11.5 Å². The van der Waals surface area contributed by atoms with E-state index in [1.165, 1.54) is 18.7 Å². The second-order valence-corrected chi connectivity index (χ2v) is 7.50. The zero-order valence-electron chi connectivity index (χ0n) is 16.8. The molecule has 4 atom stereocenters. The Balaban J connectivity index is 5.19. The van der Waals surface area contributed by atoms with E-state index in [0.29, 0.717) is 25.1 Å². The summed E-state index contributed by atoms with van der Waals surface area (Å²) in [5.41, 5.74) is 10.6. The molecule has 0 aliphatic rings. The Bertz CT molecular complexity index is 548. The average molecular weight is 436 g/mol. The Hall–Kier alpha value is -1.89. The number of carboxylic acid groups (broad SMARTS) is 1. The molecule has 0 spiro atoms. The molecule has 0 saturated carbocycles. The lowest BCUT2D eigenvalue weighted by molar-refractivity contribution is -0.142. The largest absolute Gasteiger partial charge is 0.480 e. The third-order valence-electron chi connectivity index (χ3n) is 4.07. The number of hydrogen-bond donors (Lipinski definition) is 7. The van der Waals surface area contributed by atoms with Crippen molar-refractivity contribution in [1.82, 2.24) is 16.0 Å². The van der Waals surface area contributed by atoms with Gasteiger partial charge in [-0.15, -0.1) is 0 Å². The van der Waals surface area contributed by atoms with Crippen LogP contribution < -0.4 is 27.4 Å². The first kappa shape index (κ1) is 27.1. The van der Waals surface area contributed by atoms with Crippen molar-refractivity contribution in [3.05, 3.63) is 0 Å². The van der Waals surface area contributed by atoms with E-state index in [1.807, 2.05) is 6.26 Å². The van der Waals surface area contributed by atoms with Crippen molar-refractivity contribution in [2.75, 3.05) is 25.1 Å². The molecule has 0 aromatic carbocycles. The molecule has 0 bridgehead atoms. The fourth-order valence-corrected chi connectivity index (χ4v) is 2.90. The topological polar surface area (TPSA) is 197 Å². The van der Waals surface area contributed by atoms with Crippen molar-refractivity contribution in [1.29, 1.82) is 0 Å². The second kappa shape index (κ2) is 15.0. The molecule has 168 valence electrons. The molecule has 3 amide bonds. The maximum Gasteiger partial charge on any atom is 0.326 e. The number of carbonyl (C=O) groups is 4. The molecule has 0 fully saturated rings. The van der Waals surface area contributed by atoms with E-state index < -0.39 is 47.9 Å². The van der Waals surface area contributed by atoms with Gasteiger partial charge in [0, 0.05) is 0 Å². The van der Waals surface area contributed by atoms with Crippen LogP contribution in [0.2, 0.25) is 0 Å². The average Bonchev–Trinajstić information content (AvgIpc) is 2.67. The summed E-state index contributed by atoms with van der Waals surface area (Å²) in [6.07, 6.45) is 2.21. The maximum atomic E-state index is 12.6. The Morgan fingerprint density at radius 1 is 0.966 bits per heavy atom. The molecule has 0 saturated heterocycles. The summed E-state index contributed by atoms with van der Waals surface area (Å²) >= 11 is 1.45. The minimum Gasteiger partial charge on any atom is -0.480 e. The molecule has 0 rings (SSSR count). The number of aliphatic carboxylic acids is 1. The van der Waals surface area contributed by atoms with Gasteiger partial charge in [-0.2, -0.15) is 11.8 Å². The van der Waals surface area contributed by atoms with Crippen LogP contribution >= 0.6 is 11.8 Å². The summed E-state index contributed by atoms with van der Waals surface area (Å²) < 4.78 is 0. The molecule has 11 nitrogen and oxygen atoms in total. The lowest BCUT2D eigenvalue weighted by atomic mass is 10.1. The number of carbonyl (C=O) groups excluding carboxylic acids is 3. The number of rotatable bonds is 15. The normalized spacial score (nSPS) is 14.9. The summed E-state index contributed by atoms with van der Waals surface area (Å²) in [6, 6.07) is -3.43. The zero-order valence-corrected chi connectivity index (χ0v) is 17.7. The van der Waals surface area contributed by atoms with Gasteiger partial charge in [-0.05, 0) is 51.2 Å². The molecule has 0 aromatic heterocycles. The molecular weight excluding hydrogens is 402 g/mol. The first-order chi connectivity index (χ1) is 13.7. The highest BCUT2D eigenvalue weighted by atomic mass is 32.2. The molecule has 4 unspecified atom stereocenters. The number of aliphatic hydroxyl groups is 1. The Morgan fingerprint density at radius 2 is 1.59 bits per heavy atom. The third kappa shape index (κ3) is 11.0. The van der Waals surface area contributed by atoms with Crippen LogP contribution in [-0.4, -0.2) is 83.2 Å². The van der Waals surface area contributed by atoms with Crippen LogP contribution in [0.4, 0.5) is 0 Å². The molecule has 0 radical (unpaired) electrons. The highest BCUT2D eigenvalue weighted by Crippen LogP contribution is 2.06. The SMILES string of the molecule is CSCCC(NC(=O)C(NC(=O)CN)C(C)O)C(=O)NC(CCCCN)C(=O)O. The minimum atomic E-state index is -1.30. The fraction of sp³-hybridized carbons (Fsp3) is 0.765. The van der Waals surface area contributed by atoms with Crippen LogP contribution in [0.3, 0.4) is 0 Å². The molecule has 0 aliphatic carbocycles. The lowest BCUT2D eigenvalue weighted by Crippen LogP contribution is -2.58. The van der Waals surface area contributed by atoms with Crippen molar-refractivity contribution in [2.45, 2.75) is 56.8 Å². The number of nitrogens with two attached hydrogens (primary N) is 2. The number of nitrogens with one attached hydrogen (secondary N) is 3. The van der Waals surface area contributed by atoms with Gasteiger partial charge < -0.3 is 37.6 Å². The van der Waals surface area contributed by atoms with Gasteiger partial charge in [-0.25, -0.2) is 4.79 Å². The van der Waals surface area contributed by atoms with Gasteiger partial charge in [-0.3, -0.25) is 14.4 Å². The van der Waals surface area contributed by atoms with E-state index >= 15 is 0 Å². The summed E-state index contributed by atoms with van der Waals surface area (Å²) in [4.78, 5) is 48.0. The summed E-state index contributed by atoms with van der Waals surface area (Å²) in [5.74, 6) is -2.71. The van der Waals surface area contributed by atoms with Gasteiger partial charge in [0.15, 0.2) is 0 Å². The first-order valence-electron chi connectivity index (χ1n) is 9.37. The van der Waals surface area contributed by atoms with Gasteiger partial charge in [0.2, 0.25) is 17.7 Å². The number of unbranched alkanes of at least 4 members (excludes halogenated alkanes) is 1. The van der Waals surface area contributed by atoms with E-state index in [2.05, 4.69) is 16.0 Å². The maximum absolute atomic E-state index is 12.6. The van der Waals surface area contributed by atoms with E-state index in [4.69, 9.17) is 11.5 Å². The molecule has 12 heteroatoms. The number of thioether (sulfide) groups is 1. The molecule has 0 aromatic rings. The van der Waals surface area contributed by atoms with Crippen molar-refractivity contribution in [3.8, 4) is 0 Å². The smallest absolute Gasteiger partial charge is 0.326 e. The molecule has 0 aliphatic heterocycles. The minimum absolute atomic E-state index is 0.213. The highest BCUT2D eigenvalue weighted by molar-refractivity contribution is 7.98. The van der Waals surface area contributed by atoms with E-state index in [0.717, 1.165) is 0 Å². The number of hydrogen-bond acceptors (Lipinski definition) is 8. The van der Waals surface area contributed by atoms with Gasteiger partial charge in [0.1, 0.15) is 18.1 Å². The third-order valence-corrected chi connectivity index (χ3v) is 4.72. The molecule has 29 heavy (non-hydrogen) atoms. The molecule has 0 heterocycles. The summed E-state index contributed by atoms with van der Waals surface area (Å²) in [6.45, 7) is 1.37. The second-order valence-electron chi connectivity index (χ2n) is 6.52. The van der Waals surface area contributed by atoms with Crippen molar-refractivity contribution in [3.63, 3.8) is 0 Å². The Morgan fingerprint density at radius 3 is 2.07 bits per heavy atom. The standard InChI is InChI=1S/C17H33N5O6S/c1-10(23)14(22-13(24)9-19)16(26)20-11(6-8-29-2)15(25)21-12(17(27)28)5-3-4-7-18/h10-12,14,23H,3-9,18-19H2,1-2H3,(H,20,26)(H,21,25)(H,22,24)(H,27,28). The van der Waals surface area contributed by atoms with Crippen LogP contribution in [0.5, 0.6) is 0 Å². The monoisotopic (exact) mass is 435 g/mol. The van der Waals surface area contributed by atoms with Crippen molar-refractivity contribution >= 4 is 35.5 Å². The summed E-state index contributed by atoms with van der Waals surface area (Å²) in [5, 5.41) is 26.3. The van der Waals surface area contributed by atoms with Crippen LogP contribution in [-0.2, 0) is 19.2 Å². The number of aliphatic hydroxyl groups excluding tert-OH is 1. The number of amides is 3. The Kier molecular flexibility index (Phi) is 14.0. The molecular formula is C17H33N5O6S. The van der Waals surface area contributed by atoms with Crippen LogP contribution in [0, 0.1) is 0 Å². The van der Waals surface area contributed by atoms with Gasteiger partial charge in [0.05, 0.1) is 12.6 Å². The predicted molar refractivity (Wildman–Crippen MR) is 110 cm³/mol. The first-order valence-corrected chi connectivity index (χ1v) is 10.8. The predicted octanol–water partition coefficient (Wildman–Crippen LogP) is -2.25. The summed E-state index contributed by atoms with van der Waals surface area (Å²) in [7, 11) is 0. The zero-order chi connectivity index (χ0) is 22.4. The lowest BCUT2D eigenvalue weighted by Gasteiger charge is -2.25. The van der Waals surface area contributed by atoms with Gasteiger partial charge in [0.25, 0.3) is 0 Å². The van der Waals surface area contributed by atoms with Crippen molar-refractivity contribution < 1.29 is 29.4 Å². The fourth-order valence-electron chi connectivity index (χ4n) is 2.43. The Labute approximate surface area is 174 Å². The van der Waals surface area contributed by atoms with E-state index in [9.17, 15) is 29.4 Å². The van der Waals surface area contributed by atoms with E-state index in [-0.39, 0.29) is 19.4 Å². The highest BCUT2D eigenvalue weighted by Gasteiger charge is 2.31. The quantitative estimate of drug-likeness (QED) is 0.139. The molecule has 9 N–H and O–H groups in total. The van der Waals surface area contributed by atoms with Gasteiger partial charge >= 0.3 is 5.97 Å². The van der Waals surface area contributed by atoms with Crippen LogP contribution in [0.25, 0.3) is 0 Å².